The van der Waals surface area contributed by atoms with Crippen molar-refractivity contribution in [3.63, 3.8) is 0 Å². The van der Waals surface area contributed by atoms with Gasteiger partial charge in [0.2, 0.25) is 0 Å². The van der Waals surface area contributed by atoms with Gasteiger partial charge < -0.3 is 10.1 Å². The number of aromatic nitrogens is 2. The van der Waals surface area contributed by atoms with Crippen molar-refractivity contribution in [2.75, 3.05) is 13.1 Å². The second-order valence-corrected chi connectivity index (χ2v) is 6.84. The standard InChI is InChI=1S/C19H28N4O/c1-14-11-23(12-15(2)24-14)13-18-7-5-4-6-17(18)8-20-9-19-10-21-22-16(19)3/h4-7,10,14-15,20H,8-9,11-13H2,1-3H3,(H,21,22). The van der Waals surface area contributed by atoms with Crippen molar-refractivity contribution in [3.8, 4) is 0 Å². The van der Waals surface area contributed by atoms with Crippen LogP contribution in [0.15, 0.2) is 30.5 Å². The molecule has 2 atom stereocenters. The molecular formula is C19H28N4O. The Morgan fingerprint density at radius 3 is 2.46 bits per heavy atom. The molecule has 5 heteroatoms. The molecule has 0 radical (unpaired) electrons. The Hall–Kier alpha value is -1.69. The molecule has 0 bridgehead atoms. The highest BCUT2D eigenvalue weighted by Gasteiger charge is 2.22. The number of benzene rings is 1. The Kier molecular flexibility index (Phi) is 5.66. The fourth-order valence-electron chi connectivity index (χ4n) is 3.42. The number of rotatable bonds is 6. The third-order valence-corrected chi connectivity index (χ3v) is 4.57. The molecule has 1 aromatic carbocycles. The first-order chi connectivity index (χ1) is 11.6. The van der Waals surface area contributed by atoms with Crippen molar-refractivity contribution in [1.29, 1.82) is 0 Å². The van der Waals surface area contributed by atoms with Crippen molar-refractivity contribution < 1.29 is 4.74 Å². The van der Waals surface area contributed by atoms with Gasteiger partial charge in [0.05, 0.1) is 18.4 Å². The van der Waals surface area contributed by atoms with E-state index in [0.717, 1.165) is 38.4 Å². The number of nitrogens with one attached hydrogen (secondary N) is 2. The SMILES string of the molecule is Cc1[nH]ncc1CNCc1ccccc1CN1CC(C)OC(C)C1. The van der Waals surface area contributed by atoms with Crippen molar-refractivity contribution in [2.45, 2.75) is 52.6 Å². The quantitative estimate of drug-likeness (QED) is 0.856. The third kappa shape index (κ3) is 4.44. The van der Waals surface area contributed by atoms with Gasteiger partial charge >= 0.3 is 0 Å². The lowest BCUT2D eigenvalue weighted by molar-refractivity contribution is -0.0705. The van der Waals surface area contributed by atoms with Gasteiger partial charge in [0.15, 0.2) is 0 Å². The normalized spacial score (nSPS) is 22.0. The van der Waals surface area contributed by atoms with Crippen molar-refractivity contribution >= 4 is 0 Å². The second kappa shape index (κ2) is 7.92. The molecule has 0 spiro atoms. The zero-order valence-electron chi connectivity index (χ0n) is 14.9. The average Bonchev–Trinajstić information content (AvgIpc) is 2.93. The van der Waals surface area contributed by atoms with Crippen LogP contribution in [0.5, 0.6) is 0 Å². The molecule has 2 heterocycles. The fraction of sp³-hybridized carbons (Fsp3) is 0.526. The first-order valence-corrected chi connectivity index (χ1v) is 8.76. The molecule has 1 fully saturated rings. The Bertz CT molecular complexity index is 644. The van der Waals surface area contributed by atoms with Crippen LogP contribution in [0, 0.1) is 6.92 Å². The van der Waals surface area contributed by atoms with Gasteiger partial charge in [0, 0.05) is 44.0 Å². The molecule has 2 N–H and O–H groups in total. The van der Waals surface area contributed by atoms with Gasteiger partial charge in [-0.1, -0.05) is 24.3 Å². The number of aromatic amines is 1. The molecule has 24 heavy (non-hydrogen) atoms. The highest BCUT2D eigenvalue weighted by atomic mass is 16.5. The van der Waals surface area contributed by atoms with Crippen LogP contribution in [0.2, 0.25) is 0 Å². The molecule has 2 unspecified atom stereocenters. The second-order valence-electron chi connectivity index (χ2n) is 6.84. The molecule has 1 aliphatic rings. The predicted molar refractivity (Wildman–Crippen MR) is 95.6 cm³/mol. The number of hydrogen-bond acceptors (Lipinski definition) is 4. The van der Waals surface area contributed by atoms with Gasteiger partial charge in [-0.25, -0.2) is 0 Å². The summed E-state index contributed by atoms with van der Waals surface area (Å²) in [4.78, 5) is 2.50. The van der Waals surface area contributed by atoms with Gasteiger partial charge in [0.1, 0.15) is 0 Å². The third-order valence-electron chi connectivity index (χ3n) is 4.57. The summed E-state index contributed by atoms with van der Waals surface area (Å²) in [5.41, 5.74) is 5.12. The maximum absolute atomic E-state index is 5.84. The zero-order chi connectivity index (χ0) is 16.9. The summed E-state index contributed by atoms with van der Waals surface area (Å²) in [6.45, 7) is 11.1. The molecule has 2 aromatic rings. The van der Waals surface area contributed by atoms with E-state index < -0.39 is 0 Å². The minimum atomic E-state index is 0.308. The van der Waals surface area contributed by atoms with Crippen LogP contribution in [-0.2, 0) is 24.4 Å². The van der Waals surface area contributed by atoms with Gasteiger partial charge in [-0.05, 0) is 31.9 Å². The van der Waals surface area contributed by atoms with Crippen LogP contribution >= 0.6 is 0 Å². The molecule has 1 aromatic heterocycles. The Morgan fingerprint density at radius 1 is 1.12 bits per heavy atom. The first kappa shape index (κ1) is 17.1. The van der Waals surface area contributed by atoms with E-state index in [-0.39, 0.29) is 0 Å². The van der Waals surface area contributed by atoms with Crippen molar-refractivity contribution in [2.24, 2.45) is 0 Å². The average molecular weight is 328 g/mol. The minimum Gasteiger partial charge on any atom is -0.373 e. The maximum atomic E-state index is 5.84. The van der Waals surface area contributed by atoms with Crippen LogP contribution in [0.1, 0.15) is 36.2 Å². The number of nitrogens with zero attached hydrogens (tertiary/aromatic N) is 2. The molecule has 0 amide bonds. The Labute approximate surface area is 144 Å². The summed E-state index contributed by atoms with van der Waals surface area (Å²) >= 11 is 0. The molecular weight excluding hydrogens is 300 g/mol. The van der Waals surface area contributed by atoms with E-state index in [2.05, 4.69) is 65.5 Å². The summed E-state index contributed by atoms with van der Waals surface area (Å²) in [6, 6.07) is 8.71. The first-order valence-electron chi connectivity index (χ1n) is 8.76. The molecule has 1 aliphatic heterocycles. The molecule has 5 nitrogen and oxygen atoms in total. The van der Waals surface area contributed by atoms with Crippen LogP contribution in [0.4, 0.5) is 0 Å². The Balaban J connectivity index is 1.59. The van der Waals surface area contributed by atoms with E-state index in [1.54, 1.807) is 0 Å². The fourth-order valence-corrected chi connectivity index (χ4v) is 3.42. The molecule has 0 saturated carbocycles. The number of H-pyrrole nitrogens is 1. The lowest BCUT2D eigenvalue weighted by atomic mass is 10.1. The molecule has 130 valence electrons. The van der Waals surface area contributed by atoms with Crippen LogP contribution in [-0.4, -0.2) is 40.4 Å². The van der Waals surface area contributed by atoms with Gasteiger partial charge in [-0.3, -0.25) is 10.00 Å². The number of hydrogen-bond donors (Lipinski definition) is 2. The van der Waals surface area contributed by atoms with Crippen molar-refractivity contribution in [1.82, 2.24) is 20.4 Å². The summed E-state index contributed by atoms with van der Waals surface area (Å²) in [7, 11) is 0. The minimum absolute atomic E-state index is 0.308. The lowest BCUT2D eigenvalue weighted by Gasteiger charge is -2.35. The van der Waals surface area contributed by atoms with E-state index in [1.165, 1.54) is 16.7 Å². The van der Waals surface area contributed by atoms with E-state index in [9.17, 15) is 0 Å². The van der Waals surface area contributed by atoms with Gasteiger partial charge in [-0.2, -0.15) is 5.10 Å². The maximum Gasteiger partial charge on any atom is 0.0678 e. The zero-order valence-corrected chi connectivity index (χ0v) is 14.9. The smallest absolute Gasteiger partial charge is 0.0678 e. The largest absolute Gasteiger partial charge is 0.373 e. The summed E-state index contributed by atoms with van der Waals surface area (Å²) in [6.07, 6.45) is 2.51. The van der Waals surface area contributed by atoms with Crippen LogP contribution in [0.3, 0.4) is 0 Å². The molecule has 1 saturated heterocycles. The predicted octanol–water partition coefficient (Wildman–Crippen LogP) is 2.62. The number of ether oxygens (including phenoxy) is 1. The van der Waals surface area contributed by atoms with Crippen LogP contribution in [0.25, 0.3) is 0 Å². The van der Waals surface area contributed by atoms with E-state index in [0.29, 0.717) is 12.2 Å². The van der Waals surface area contributed by atoms with E-state index in [4.69, 9.17) is 4.74 Å². The van der Waals surface area contributed by atoms with E-state index >= 15 is 0 Å². The highest BCUT2D eigenvalue weighted by molar-refractivity contribution is 5.27. The summed E-state index contributed by atoms with van der Waals surface area (Å²) in [5.74, 6) is 0. The van der Waals surface area contributed by atoms with Gasteiger partial charge in [0.25, 0.3) is 0 Å². The van der Waals surface area contributed by atoms with Crippen molar-refractivity contribution in [3.05, 3.63) is 52.8 Å². The van der Waals surface area contributed by atoms with Crippen LogP contribution < -0.4 is 5.32 Å². The monoisotopic (exact) mass is 328 g/mol. The summed E-state index contributed by atoms with van der Waals surface area (Å²) in [5, 5.41) is 10.6. The topological polar surface area (TPSA) is 53.2 Å². The molecule has 0 aliphatic carbocycles. The Morgan fingerprint density at radius 2 is 1.79 bits per heavy atom. The molecule has 3 rings (SSSR count). The van der Waals surface area contributed by atoms with Gasteiger partial charge in [-0.15, -0.1) is 0 Å². The van der Waals surface area contributed by atoms with E-state index in [1.807, 2.05) is 6.20 Å². The number of aryl methyl sites for hydroxylation is 1. The highest BCUT2D eigenvalue weighted by Crippen LogP contribution is 2.17. The summed E-state index contributed by atoms with van der Waals surface area (Å²) < 4.78 is 5.84. The number of morpholine rings is 1. The lowest BCUT2D eigenvalue weighted by Crippen LogP contribution is -2.45.